The van der Waals surface area contributed by atoms with Crippen LogP contribution < -0.4 is 4.90 Å². The van der Waals surface area contributed by atoms with Crippen molar-refractivity contribution in [2.45, 2.75) is 6.42 Å². The molecule has 24 heavy (non-hydrogen) atoms. The highest BCUT2D eigenvalue weighted by atomic mass is 32.1. The van der Waals surface area contributed by atoms with Gasteiger partial charge in [0, 0.05) is 63.8 Å². The van der Waals surface area contributed by atoms with Crippen LogP contribution in [0.15, 0.2) is 11.6 Å². The lowest BCUT2D eigenvalue weighted by molar-refractivity contribution is -0.136. The number of piperazine rings is 1. The van der Waals surface area contributed by atoms with Gasteiger partial charge in [-0.25, -0.2) is 4.98 Å². The Labute approximate surface area is 146 Å². The SMILES string of the molecule is CN(C)CCN1CC(C(=O)N2CCN(c3nccs3)CC2)CC1=O. The van der Waals surface area contributed by atoms with E-state index in [9.17, 15) is 9.59 Å². The van der Waals surface area contributed by atoms with Crippen LogP contribution in [0.4, 0.5) is 5.13 Å². The highest BCUT2D eigenvalue weighted by Gasteiger charge is 2.37. The fraction of sp³-hybridized carbons (Fsp3) is 0.688. The number of carbonyl (C=O) groups is 2. The molecule has 0 radical (unpaired) electrons. The number of likely N-dealkylation sites (N-methyl/N-ethyl adjacent to an activating group) is 1. The normalized spacial score (nSPS) is 21.9. The van der Waals surface area contributed by atoms with Crippen molar-refractivity contribution in [2.75, 3.05) is 64.8 Å². The number of hydrogen-bond acceptors (Lipinski definition) is 6. The highest BCUT2D eigenvalue weighted by molar-refractivity contribution is 7.13. The van der Waals surface area contributed by atoms with Crippen molar-refractivity contribution >= 4 is 28.3 Å². The number of likely N-dealkylation sites (tertiary alicyclic amines) is 1. The maximum Gasteiger partial charge on any atom is 0.228 e. The lowest BCUT2D eigenvalue weighted by atomic mass is 10.1. The molecule has 7 nitrogen and oxygen atoms in total. The van der Waals surface area contributed by atoms with Gasteiger partial charge in [0.1, 0.15) is 0 Å². The second-order valence-corrected chi connectivity index (χ2v) is 7.54. The minimum Gasteiger partial charge on any atom is -0.345 e. The van der Waals surface area contributed by atoms with Crippen molar-refractivity contribution < 1.29 is 9.59 Å². The summed E-state index contributed by atoms with van der Waals surface area (Å²) in [4.78, 5) is 37.2. The van der Waals surface area contributed by atoms with Crippen LogP contribution in [-0.2, 0) is 9.59 Å². The predicted molar refractivity (Wildman–Crippen MR) is 94.1 cm³/mol. The maximum atomic E-state index is 12.7. The van der Waals surface area contributed by atoms with Crippen molar-refractivity contribution in [3.8, 4) is 0 Å². The van der Waals surface area contributed by atoms with E-state index in [2.05, 4.69) is 14.8 Å². The van der Waals surface area contributed by atoms with E-state index in [1.165, 1.54) is 0 Å². The highest BCUT2D eigenvalue weighted by Crippen LogP contribution is 2.23. The van der Waals surface area contributed by atoms with Crippen molar-refractivity contribution in [2.24, 2.45) is 5.92 Å². The molecular weight excluding hydrogens is 326 g/mol. The topological polar surface area (TPSA) is 60.0 Å². The van der Waals surface area contributed by atoms with Crippen LogP contribution in [0.25, 0.3) is 0 Å². The summed E-state index contributed by atoms with van der Waals surface area (Å²) in [6, 6.07) is 0. The fourth-order valence-electron chi connectivity index (χ4n) is 3.22. The van der Waals surface area contributed by atoms with E-state index >= 15 is 0 Å². The summed E-state index contributed by atoms with van der Waals surface area (Å²) in [6.07, 6.45) is 2.17. The summed E-state index contributed by atoms with van der Waals surface area (Å²) < 4.78 is 0. The van der Waals surface area contributed by atoms with Crippen molar-refractivity contribution in [3.05, 3.63) is 11.6 Å². The second-order valence-electron chi connectivity index (χ2n) is 6.67. The lowest BCUT2D eigenvalue weighted by Gasteiger charge is -2.35. The number of amides is 2. The molecule has 0 aromatic carbocycles. The van der Waals surface area contributed by atoms with Crippen LogP contribution in [0.1, 0.15) is 6.42 Å². The first-order valence-corrected chi connectivity index (χ1v) is 9.28. The quantitative estimate of drug-likeness (QED) is 0.759. The minimum atomic E-state index is -0.175. The molecular formula is C16H25N5O2S. The van der Waals surface area contributed by atoms with Crippen molar-refractivity contribution in [1.29, 1.82) is 0 Å². The van der Waals surface area contributed by atoms with E-state index in [4.69, 9.17) is 0 Å². The zero-order valence-electron chi connectivity index (χ0n) is 14.3. The standard InChI is InChI=1S/C16H25N5O2S/c1-18(2)4-5-21-12-13(11-14(21)22)15(23)19-6-8-20(9-7-19)16-17-3-10-24-16/h3,10,13H,4-9,11-12H2,1-2H3. The molecule has 0 spiro atoms. The molecule has 3 heterocycles. The number of nitrogens with zero attached hydrogens (tertiary/aromatic N) is 5. The zero-order chi connectivity index (χ0) is 17.1. The number of thiazole rings is 1. The first-order valence-electron chi connectivity index (χ1n) is 8.40. The molecule has 2 aliphatic rings. The van der Waals surface area contributed by atoms with Gasteiger partial charge in [0.2, 0.25) is 11.8 Å². The van der Waals surface area contributed by atoms with E-state index in [1.807, 2.05) is 35.5 Å². The monoisotopic (exact) mass is 351 g/mol. The molecule has 132 valence electrons. The molecule has 1 aromatic heterocycles. The Morgan fingerprint density at radius 2 is 2.08 bits per heavy atom. The van der Waals surface area contributed by atoms with E-state index in [1.54, 1.807) is 11.3 Å². The number of aromatic nitrogens is 1. The molecule has 1 unspecified atom stereocenters. The van der Waals surface area contributed by atoms with Crippen LogP contribution in [0.2, 0.25) is 0 Å². The molecule has 2 saturated heterocycles. The van der Waals surface area contributed by atoms with Gasteiger partial charge in [-0.1, -0.05) is 0 Å². The van der Waals surface area contributed by atoms with Crippen molar-refractivity contribution in [1.82, 2.24) is 19.7 Å². The lowest BCUT2D eigenvalue weighted by Crippen LogP contribution is -2.50. The third-order valence-electron chi connectivity index (χ3n) is 4.66. The third kappa shape index (κ3) is 3.87. The van der Waals surface area contributed by atoms with Gasteiger partial charge < -0.3 is 19.6 Å². The first kappa shape index (κ1) is 17.2. The average molecular weight is 351 g/mol. The van der Waals surface area contributed by atoms with Gasteiger partial charge in [-0.15, -0.1) is 11.3 Å². The van der Waals surface area contributed by atoms with Gasteiger partial charge in [0.15, 0.2) is 5.13 Å². The van der Waals surface area contributed by atoms with Crippen LogP contribution >= 0.6 is 11.3 Å². The summed E-state index contributed by atoms with van der Waals surface area (Å²) in [7, 11) is 3.98. The van der Waals surface area contributed by atoms with Crippen LogP contribution in [0.5, 0.6) is 0 Å². The molecule has 0 saturated carbocycles. The molecule has 8 heteroatoms. The summed E-state index contributed by atoms with van der Waals surface area (Å²) in [5.74, 6) is 0.0668. The predicted octanol–water partition coefficient (Wildman–Crippen LogP) is 0.202. The Hall–Kier alpha value is -1.67. The van der Waals surface area contributed by atoms with E-state index in [-0.39, 0.29) is 17.7 Å². The van der Waals surface area contributed by atoms with Crippen molar-refractivity contribution in [3.63, 3.8) is 0 Å². The number of carbonyl (C=O) groups excluding carboxylic acids is 2. The Bertz CT molecular complexity index is 569. The number of anilines is 1. The Morgan fingerprint density at radius 3 is 2.71 bits per heavy atom. The van der Waals surface area contributed by atoms with Gasteiger partial charge in [-0.3, -0.25) is 9.59 Å². The molecule has 2 fully saturated rings. The summed E-state index contributed by atoms with van der Waals surface area (Å²) in [6.45, 7) is 5.14. The summed E-state index contributed by atoms with van der Waals surface area (Å²) in [5, 5.41) is 2.99. The molecule has 2 aliphatic heterocycles. The van der Waals surface area contributed by atoms with Crippen LogP contribution in [0.3, 0.4) is 0 Å². The molecule has 0 N–H and O–H groups in total. The molecule has 0 aliphatic carbocycles. The van der Waals surface area contributed by atoms with Gasteiger partial charge in [0.05, 0.1) is 5.92 Å². The summed E-state index contributed by atoms with van der Waals surface area (Å²) >= 11 is 1.63. The third-order valence-corrected chi connectivity index (χ3v) is 5.49. The van der Waals surface area contributed by atoms with Gasteiger partial charge in [-0.2, -0.15) is 0 Å². The van der Waals surface area contributed by atoms with Gasteiger partial charge in [0.25, 0.3) is 0 Å². The largest absolute Gasteiger partial charge is 0.345 e. The molecule has 2 amide bonds. The Morgan fingerprint density at radius 1 is 1.33 bits per heavy atom. The smallest absolute Gasteiger partial charge is 0.228 e. The second kappa shape index (κ2) is 7.48. The minimum absolute atomic E-state index is 0.108. The molecule has 3 rings (SSSR count). The van der Waals surface area contributed by atoms with E-state index in [0.29, 0.717) is 32.6 Å². The Kier molecular flexibility index (Phi) is 5.35. The number of rotatable bonds is 5. The van der Waals surface area contributed by atoms with Crippen LogP contribution in [-0.4, -0.2) is 91.4 Å². The van der Waals surface area contributed by atoms with Gasteiger partial charge >= 0.3 is 0 Å². The molecule has 0 bridgehead atoms. The zero-order valence-corrected chi connectivity index (χ0v) is 15.2. The van der Waals surface area contributed by atoms with E-state index in [0.717, 1.165) is 24.8 Å². The van der Waals surface area contributed by atoms with Crippen LogP contribution in [0, 0.1) is 5.92 Å². The van der Waals surface area contributed by atoms with Gasteiger partial charge in [-0.05, 0) is 14.1 Å². The number of hydrogen-bond donors (Lipinski definition) is 0. The molecule has 1 aromatic rings. The summed E-state index contributed by atoms with van der Waals surface area (Å²) in [5.41, 5.74) is 0. The Balaban J connectivity index is 1.50. The maximum absolute atomic E-state index is 12.7. The fourth-order valence-corrected chi connectivity index (χ4v) is 3.92. The average Bonchev–Trinajstić information content (AvgIpc) is 3.22. The molecule has 1 atom stereocenters. The van der Waals surface area contributed by atoms with E-state index < -0.39 is 0 Å². The first-order chi connectivity index (χ1) is 11.5.